The van der Waals surface area contributed by atoms with E-state index in [2.05, 4.69) is 4.98 Å². The van der Waals surface area contributed by atoms with E-state index in [-0.39, 0.29) is 31.4 Å². The zero-order valence-electron chi connectivity index (χ0n) is 22.6. The molecule has 6 atom stereocenters. The highest BCUT2D eigenvalue weighted by Gasteiger charge is 2.46. The molecule has 12 heteroatoms. The summed E-state index contributed by atoms with van der Waals surface area (Å²) in [6.07, 6.45) is -5.29. The maximum absolute atomic E-state index is 12.9. The van der Waals surface area contributed by atoms with Gasteiger partial charge in [-0.2, -0.15) is 0 Å². The molecule has 0 bridgehead atoms. The van der Waals surface area contributed by atoms with Crippen LogP contribution in [0.5, 0.6) is 0 Å². The van der Waals surface area contributed by atoms with E-state index in [0.717, 1.165) is 10.6 Å². The average molecular weight is 569 g/mol. The van der Waals surface area contributed by atoms with Crippen molar-refractivity contribution in [2.45, 2.75) is 36.7 Å². The largest absolute Gasteiger partial charge is 0.386 e. The second-order valence-electron chi connectivity index (χ2n) is 9.32. The minimum Gasteiger partial charge on any atom is -0.386 e. The molecular weight excluding hydrogens is 536 g/mol. The van der Waals surface area contributed by atoms with Gasteiger partial charge in [0.15, 0.2) is 17.8 Å². The third kappa shape index (κ3) is 7.30. The highest BCUT2D eigenvalue weighted by atomic mass is 16.6. The minimum atomic E-state index is -1.39. The van der Waals surface area contributed by atoms with Crippen molar-refractivity contribution in [3.8, 4) is 0 Å². The molecule has 4 unspecified atom stereocenters. The zero-order valence-corrected chi connectivity index (χ0v) is 22.6. The van der Waals surface area contributed by atoms with E-state index >= 15 is 0 Å². The van der Waals surface area contributed by atoms with Gasteiger partial charge in [0.25, 0.3) is 5.56 Å². The standard InChI is InChI=1S/C29H32N2O10/c1-37-20(24(33)18-9-5-3-6-10-18)15-39-16-22-27(26(35)28(41-22)31-14-13-23(32)30-29(31)36)40-17-21(38-2)25(34)19-11-7-4-8-12-19/h3-14,20-22,26-28,35H,15-17H2,1-2H3,(H,30,32,36)/t20?,21?,22-,26?,27?,28-/m0/s1. The number of ether oxygens (including phenoxy) is 5. The minimum absolute atomic E-state index is 0.122. The first-order valence-electron chi connectivity index (χ1n) is 12.9. The Morgan fingerprint density at radius 3 is 2.00 bits per heavy atom. The van der Waals surface area contributed by atoms with Crippen LogP contribution in [0.1, 0.15) is 26.9 Å². The third-order valence-electron chi connectivity index (χ3n) is 6.70. The second kappa shape index (κ2) is 14.2. The van der Waals surface area contributed by atoms with E-state index in [1.165, 1.54) is 20.4 Å². The monoisotopic (exact) mass is 568 g/mol. The third-order valence-corrected chi connectivity index (χ3v) is 6.70. The maximum atomic E-state index is 12.9. The van der Waals surface area contributed by atoms with E-state index < -0.39 is 48.0 Å². The molecule has 0 radical (unpaired) electrons. The second-order valence-corrected chi connectivity index (χ2v) is 9.32. The summed E-state index contributed by atoms with van der Waals surface area (Å²) in [5.41, 5.74) is -0.508. The van der Waals surface area contributed by atoms with Crippen LogP contribution < -0.4 is 11.2 Å². The number of Topliss-reactive ketones (excluding diaryl/α,β-unsaturated/α-hetero) is 2. The Balaban J connectivity index is 1.48. The van der Waals surface area contributed by atoms with Gasteiger partial charge in [0.2, 0.25) is 0 Å². The molecule has 2 aromatic carbocycles. The van der Waals surface area contributed by atoms with Gasteiger partial charge in [0.05, 0.1) is 19.8 Å². The van der Waals surface area contributed by atoms with Gasteiger partial charge in [0.1, 0.15) is 30.5 Å². The van der Waals surface area contributed by atoms with Crippen LogP contribution in [0, 0.1) is 0 Å². The number of H-pyrrole nitrogens is 1. The Bertz CT molecular complexity index is 1410. The molecule has 1 fully saturated rings. The van der Waals surface area contributed by atoms with Crippen LogP contribution in [0.25, 0.3) is 0 Å². The average Bonchev–Trinajstić information content (AvgIpc) is 3.30. The highest BCUT2D eigenvalue weighted by Crippen LogP contribution is 2.31. The molecule has 0 aliphatic carbocycles. The Labute approximate surface area is 235 Å². The molecule has 0 saturated carbocycles. The summed E-state index contributed by atoms with van der Waals surface area (Å²) < 4.78 is 29.4. The number of ketones is 2. The van der Waals surface area contributed by atoms with Gasteiger partial charge in [-0.25, -0.2) is 4.79 Å². The Hall–Kier alpha value is -3.78. The van der Waals surface area contributed by atoms with Crippen molar-refractivity contribution in [3.63, 3.8) is 0 Å². The molecule has 0 amide bonds. The summed E-state index contributed by atoms with van der Waals surface area (Å²) in [5, 5.41) is 11.1. The van der Waals surface area contributed by atoms with E-state index in [0.29, 0.717) is 11.1 Å². The molecule has 3 aromatic rings. The SMILES string of the molecule is COC(COC[C@@H]1O[C@H](n2ccc(=O)[nH]c2=O)C(O)C1OCC(OC)C(=O)c1ccccc1)C(=O)c1ccccc1. The summed E-state index contributed by atoms with van der Waals surface area (Å²) in [6, 6.07) is 18.3. The first kappa shape index (κ1) is 30.2. The van der Waals surface area contributed by atoms with Crippen LogP contribution in [0.2, 0.25) is 0 Å². The quantitative estimate of drug-likeness (QED) is 0.269. The number of aliphatic hydroxyl groups is 1. The zero-order chi connectivity index (χ0) is 29.4. The molecule has 1 aromatic heterocycles. The highest BCUT2D eigenvalue weighted by molar-refractivity contribution is 6.00. The fraction of sp³-hybridized carbons (Fsp3) is 0.379. The summed E-state index contributed by atoms with van der Waals surface area (Å²) in [4.78, 5) is 51.8. The molecule has 1 saturated heterocycles. The topological polar surface area (TPSA) is 155 Å². The van der Waals surface area contributed by atoms with E-state index in [1.807, 2.05) is 0 Å². The van der Waals surface area contributed by atoms with Gasteiger partial charge in [-0.05, 0) is 0 Å². The smallest absolute Gasteiger partial charge is 0.330 e. The number of carbonyl (C=O) groups excluding carboxylic acids is 2. The fourth-order valence-corrected chi connectivity index (χ4v) is 4.48. The number of nitrogens with zero attached hydrogens (tertiary/aromatic N) is 1. The lowest BCUT2D eigenvalue weighted by Crippen LogP contribution is -2.41. The van der Waals surface area contributed by atoms with Crippen molar-refractivity contribution in [2.75, 3.05) is 34.0 Å². The van der Waals surface area contributed by atoms with Crippen LogP contribution in [0.15, 0.2) is 82.5 Å². The number of methoxy groups -OCH3 is 2. The molecule has 218 valence electrons. The number of benzene rings is 2. The van der Waals surface area contributed by atoms with Gasteiger partial charge in [0, 0.05) is 37.6 Å². The Kier molecular flexibility index (Phi) is 10.5. The van der Waals surface area contributed by atoms with Crippen LogP contribution >= 0.6 is 0 Å². The number of hydrogen-bond donors (Lipinski definition) is 2. The number of rotatable bonds is 14. The first-order valence-corrected chi connectivity index (χ1v) is 12.9. The van der Waals surface area contributed by atoms with E-state index in [9.17, 15) is 24.3 Å². The predicted molar refractivity (Wildman–Crippen MR) is 145 cm³/mol. The molecule has 2 N–H and O–H groups in total. The first-order chi connectivity index (χ1) is 19.8. The Morgan fingerprint density at radius 1 is 0.902 bits per heavy atom. The number of hydrogen-bond acceptors (Lipinski definition) is 10. The molecule has 12 nitrogen and oxygen atoms in total. The van der Waals surface area contributed by atoms with Crippen molar-refractivity contribution in [1.82, 2.24) is 9.55 Å². The van der Waals surface area contributed by atoms with Crippen LogP contribution in [0.4, 0.5) is 0 Å². The van der Waals surface area contributed by atoms with E-state index in [1.54, 1.807) is 60.7 Å². The maximum Gasteiger partial charge on any atom is 0.330 e. The fourth-order valence-electron chi connectivity index (χ4n) is 4.48. The van der Waals surface area contributed by atoms with Crippen molar-refractivity contribution < 1.29 is 38.4 Å². The summed E-state index contributed by atoms with van der Waals surface area (Å²) in [7, 11) is 2.76. The van der Waals surface area contributed by atoms with Crippen molar-refractivity contribution in [2.24, 2.45) is 0 Å². The number of aromatic amines is 1. The van der Waals surface area contributed by atoms with Crippen LogP contribution in [-0.2, 0) is 23.7 Å². The van der Waals surface area contributed by atoms with Gasteiger partial charge < -0.3 is 28.8 Å². The number of aromatic nitrogens is 2. The molecule has 1 aliphatic rings. The Morgan fingerprint density at radius 2 is 1.46 bits per heavy atom. The van der Waals surface area contributed by atoms with Crippen molar-refractivity contribution in [1.29, 1.82) is 0 Å². The van der Waals surface area contributed by atoms with Crippen LogP contribution in [0.3, 0.4) is 0 Å². The lowest BCUT2D eigenvalue weighted by molar-refractivity contribution is -0.0956. The van der Waals surface area contributed by atoms with Gasteiger partial charge >= 0.3 is 5.69 Å². The lowest BCUT2D eigenvalue weighted by atomic mass is 10.1. The summed E-state index contributed by atoms with van der Waals surface area (Å²) >= 11 is 0. The van der Waals surface area contributed by atoms with E-state index in [4.69, 9.17) is 23.7 Å². The van der Waals surface area contributed by atoms with Crippen molar-refractivity contribution in [3.05, 3.63) is 105 Å². The molecule has 0 spiro atoms. The van der Waals surface area contributed by atoms with Crippen LogP contribution in [-0.4, -0.2) is 90.8 Å². The van der Waals surface area contributed by atoms with Gasteiger partial charge in [-0.3, -0.25) is 23.9 Å². The van der Waals surface area contributed by atoms with Crippen molar-refractivity contribution >= 4 is 11.6 Å². The summed E-state index contributed by atoms with van der Waals surface area (Å²) in [5.74, 6) is -0.585. The van der Waals surface area contributed by atoms with Gasteiger partial charge in [-0.1, -0.05) is 60.7 Å². The number of aliphatic hydroxyl groups excluding tert-OH is 1. The van der Waals surface area contributed by atoms with Gasteiger partial charge in [-0.15, -0.1) is 0 Å². The predicted octanol–water partition coefficient (Wildman–Crippen LogP) is 0.993. The number of nitrogens with one attached hydrogen (secondary N) is 1. The molecular formula is C29H32N2O10. The molecule has 2 heterocycles. The normalized spacial score (nSPS) is 21.8. The molecule has 41 heavy (non-hydrogen) atoms. The number of carbonyl (C=O) groups is 2. The molecule has 1 aliphatic heterocycles. The summed E-state index contributed by atoms with van der Waals surface area (Å²) in [6.45, 7) is -0.502. The molecule has 4 rings (SSSR count). The lowest BCUT2D eigenvalue weighted by Gasteiger charge is -2.24.